The standard InChI is InChI=1S/C9H16N4O4S2/c1-19(16,17)12-4-2-3-11-9-13-6(5-18-9)7(10)8(14)15/h5,7,12H,2-4,10H2,1H3,(H,11,13)(H,14,15). The number of hydrogen-bond acceptors (Lipinski definition) is 7. The van der Waals surface area contributed by atoms with Crippen LogP contribution in [0.1, 0.15) is 18.2 Å². The quantitative estimate of drug-likeness (QED) is 0.479. The van der Waals surface area contributed by atoms with Gasteiger partial charge in [-0.2, -0.15) is 0 Å². The molecule has 0 radical (unpaired) electrons. The Labute approximate surface area is 115 Å². The fourth-order valence-corrected chi connectivity index (χ4v) is 2.47. The van der Waals surface area contributed by atoms with Gasteiger partial charge in [0.1, 0.15) is 6.04 Å². The van der Waals surface area contributed by atoms with Gasteiger partial charge in [-0.15, -0.1) is 11.3 Å². The van der Waals surface area contributed by atoms with E-state index in [0.717, 1.165) is 6.26 Å². The van der Waals surface area contributed by atoms with Crippen molar-refractivity contribution in [3.8, 4) is 0 Å². The van der Waals surface area contributed by atoms with Crippen LogP contribution >= 0.6 is 11.3 Å². The van der Waals surface area contributed by atoms with Crippen molar-refractivity contribution in [2.45, 2.75) is 12.5 Å². The fourth-order valence-electron chi connectivity index (χ4n) is 1.18. The number of carbonyl (C=O) groups is 1. The maximum Gasteiger partial charge on any atom is 0.326 e. The van der Waals surface area contributed by atoms with Gasteiger partial charge in [-0.05, 0) is 6.42 Å². The van der Waals surface area contributed by atoms with Crippen LogP contribution in [0.15, 0.2) is 5.38 Å². The van der Waals surface area contributed by atoms with Gasteiger partial charge in [0.15, 0.2) is 5.13 Å². The summed E-state index contributed by atoms with van der Waals surface area (Å²) in [7, 11) is -3.16. The van der Waals surface area contributed by atoms with E-state index in [0.29, 0.717) is 30.3 Å². The van der Waals surface area contributed by atoms with E-state index in [4.69, 9.17) is 10.8 Å². The summed E-state index contributed by atoms with van der Waals surface area (Å²) in [6.45, 7) is 0.858. The number of rotatable bonds is 8. The molecule has 1 aromatic heterocycles. The fraction of sp³-hybridized carbons (Fsp3) is 0.556. The molecule has 0 spiro atoms. The van der Waals surface area contributed by atoms with E-state index >= 15 is 0 Å². The first-order valence-electron chi connectivity index (χ1n) is 5.42. The molecule has 0 amide bonds. The van der Waals surface area contributed by atoms with Crippen molar-refractivity contribution >= 4 is 32.5 Å². The summed E-state index contributed by atoms with van der Waals surface area (Å²) in [5, 5.41) is 13.8. The second kappa shape index (κ2) is 6.80. The highest BCUT2D eigenvalue weighted by atomic mass is 32.2. The number of thiazole rings is 1. The van der Waals surface area contributed by atoms with Crippen molar-refractivity contribution < 1.29 is 18.3 Å². The smallest absolute Gasteiger partial charge is 0.326 e. The third kappa shape index (κ3) is 5.96. The highest BCUT2D eigenvalue weighted by Gasteiger charge is 2.17. The number of hydrogen-bond donors (Lipinski definition) is 4. The van der Waals surface area contributed by atoms with Crippen LogP contribution in [-0.4, -0.2) is 43.8 Å². The summed E-state index contributed by atoms with van der Waals surface area (Å²) in [5.74, 6) is -1.13. The van der Waals surface area contributed by atoms with E-state index < -0.39 is 22.0 Å². The molecule has 8 nitrogen and oxygen atoms in total. The molecule has 1 atom stereocenters. The van der Waals surface area contributed by atoms with Crippen LogP contribution in [0.4, 0.5) is 5.13 Å². The summed E-state index contributed by atoms with van der Waals surface area (Å²) >= 11 is 1.25. The summed E-state index contributed by atoms with van der Waals surface area (Å²) in [6.07, 6.45) is 1.69. The molecule has 0 aliphatic carbocycles. The maximum absolute atomic E-state index is 10.8. The maximum atomic E-state index is 10.8. The zero-order valence-corrected chi connectivity index (χ0v) is 11.9. The third-order valence-corrected chi connectivity index (χ3v) is 3.65. The van der Waals surface area contributed by atoms with Gasteiger partial charge in [0.25, 0.3) is 0 Å². The number of nitrogens with zero attached hydrogens (tertiary/aromatic N) is 1. The van der Waals surface area contributed by atoms with Crippen molar-refractivity contribution in [1.29, 1.82) is 0 Å². The Hall–Kier alpha value is -1.23. The lowest BCUT2D eigenvalue weighted by molar-refractivity contribution is -0.138. The molecule has 10 heteroatoms. The van der Waals surface area contributed by atoms with Crippen LogP contribution in [0.3, 0.4) is 0 Å². The molecule has 1 rings (SSSR count). The van der Waals surface area contributed by atoms with Crippen LogP contribution in [0.25, 0.3) is 0 Å². The lowest BCUT2D eigenvalue weighted by Gasteiger charge is -2.04. The van der Waals surface area contributed by atoms with Gasteiger partial charge < -0.3 is 16.2 Å². The normalized spacial score (nSPS) is 13.2. The predicted octanol–water partition coefficient (Wildman–Crippen LogP) is -0.421. The molecule has 0 fully saturated rings. The van der Waals surface area contributed by atoms with E-state index in [9.17, 15) is 13.2 Å². The zero-order chi connectivity index (χ0) is 14.5. The molecule has 1 heterocycles. The van der Waals surface area contributed by atoms with Crippen molar-refractivity contribution in [1.82, 2.24) is 9.71 Å². The van der Waals surface area contributed by atoms with E-state index in [2.05, 4.69) is 15.0 Å². The van der Waals surface area contributed by atoms with E-state index in [1.807, 2.05) is 0 Å². The number of nitrogens with two attached hydrogens (primary N) is 1. The molecule has 0 bridgehead atoms. The highest BCUT2D eigenvalue weighted by Crippen LogP contribution is 2.19. The first-order valence-corrected chi connectivity index (χ1v) is 8.19. The first kappa shape index (κ1) is 15.8. The topological polar surface area (TPSA) is 134 Å². The molecule has 19 heavy (non-hydrogen) atoms. The first-order chi connectivity index (χ1) is 8.79. The number of carboxylic acids is 1. The van der Waals surface area contributed by atoms with Crippen molar-refractivity contribution in [3.63, 3.8) is 0 Å². The van der Waals surface area contributed by atoms with Gasteiger partial charge in [-0.1, -0.05) is 0 Å². The van der Waals surface area contributed by atoms with Gasteiger partial charge in [0.05, 0.1) is 11.9 Å². The average molecular weight is 308 g/mol. The summed E-state index contributed by atoms with van der Waals surface area (Å²) in [4.78, 5) is 14.7. The van der Waals surface area contributed by atoms with E-state index in [-0.39, 0.29) is 0 Å². The monoisotopic (exact) mass is 308 g/mol. The Morgan fingerprint density at radius 3 is 2.84 bits per heavy atom. The third-order valence-electron chi connectivity index (χ3n) is 2.10. The highest BCUT2D eigenvalue weighted by molar-refractivity contribution is 7.88. The van der Waals surface area contributed by atoms with E-state index in [1.54, 1.807) is 5.38 Å². The minimum Gasteiger partial charge on any atom is -0.480 e. The Kier molecular flexibility index (Phi) is 5.66. The Bertz CT molecular complexity index is 528. The molecule has 1 unspecified atom stereocenters. The Balaban J connectivity index is 2.33. The van der Waals surface area contributed by atoms with Crippen LogP contribution < -0.4 is 15.8 Å². The number of nitrogens with one attached hydrogen (secondary N) is 2. The van der Waals surface area contributed by atoms with Gasteiger partial charge in [0, 0.05) is 18.5 Å². The Morgan fingerprint density at radius 1 is 1.58 bits per heavy atom. The molecule has 0 saturated heterocycles. The molecule has 0 saturated carbocycles. The lowest BCUT2D eigenvalue weighted by atomic mass is 10.2. The van der Waals surface area contributed by atoms with Gasteiger partial charge >= 0.3 is 5.97 Å². The molecule has 5 N–H and O–H groups in total. The SMILES string of the molecule is CS(=O)(=O)NCCCNc1nc(C(N)C(=O)O)cs1. The molecular formula is C9H16N4O4S2. The van der Waals surface area contributed by atoms with Crippen LogP contribution in [0.2, 0.25) is 0 Å². The summed E-state index contributed by atoms with van der Waals surface area (Å²) in [5.41, 5.74) is 5.72. The summed E-state index contributed by atoms with van der Waals surface area (Å²) in [6, 6.07) is -1.13. The molecule has 0 aliphatic heterocycles. The number of sulfonamides is 1. The molecule has 0 aliphatic rings. The summed E-state index contributed by atoms with van der Waals surface area (Å²) < 4.78 is 24.0. The molecule has 0 aromatic carbocycles. The van der Waals surface area contributed by atoms with Crippen molar-refractivity contribution in [3.05, 3.63) is 11.1 Å². The van der Waals surface area contributed by atoms with Gasteiger partial charge in [-0.3, -0.25) is 4.79 Å². The van der Waals surface area contributed by atoms with Gasteiger partial charge in [0.2, 0.25) is 10.0 Å². The lowest BCUT2D eigenvalue weighted by Crippen LogP contribution is -2.24. The number of anilines is 1. The number of carboxylic acid groups (broad SMARTS) is 1. The van der Waals surface area contributed by atoms with Crippen LogP contribution in [0.5, 0.6) is 0 Å². The molecule has 1 aromatic rings. The minimum absolute atomic E-state index is 0.300. The molecular weight excluding hydrogens is 292 g/mol. The minimum atomic E-state index is -3.16. The molecule has 108 valence electrons. The number of aliphatic carboxylic acids is 1. The van der Waals surface area contributed by atoms with Crippen LogP contribution in [0, 0.1) is 0 Å². The predicted molar refractivity (Wildman–Crippen MR) is 72.6 cm³/mol. The average Bonchev–Trinajstić information content (AvgIpc) is 2.74. The van der Waals surface area contributed by atoms with E-state index in [1.165, 1.54) is 11.3 Å². The largest absolute Gasteiger partial charge is 0.480 e. The Morgan fingerprint density at radius 2 is 2.26 bits per heavy atom. The zero-order valence-electron chi connectivity index (χ0n) is 10.3. The van der Waals surface area contributed by atoms with Crippen molar-refractivity contribution in [2.75, 3.05) is 24.7 Å². The second-order valence-corrected chi connectivity index (χ2v) is 6.53. The van der Waals surface area contributed by atoms with Crippen LogP contribution in [-0.2, 0) is 14.8 Å². The van der Waals surface area contributed by atoms with Crippen molar-refractivity contribution in [2.24, 2.45) is 5.73 Å². The number of aromatic nitrogens is 1. The van der Waals surface area contributed by atoms with Gasteiger partial charge in [-0.25, -0.2) is 18.1 Å². The second-order valence-electron chi connectivity index (χ2n) is 3.84.